The van der Waals surface area contributed by atoms with Crippen molar-refractivity contribution in [1.82, 2.24) is 24.2 Å². The average molecular weight is 513 g/mol. The maximum Gasteiger partial charge on any atom is 0.264 e. The number of aromatic nitrogens is 4. The van der Waals surface area contributed by atoms with Gasteiger partial charge < -0.3 is 15.3 Å². The fraction of sp³-hybridized carbons (Fsp3) is 0.321. The molecule has 10 nitrogen and oxygen atoms in total. The first kappa shape index (κ1) is 24.1. The van der Waals surface area contributed by atoms with Crippen LogP contribution in [0.5, 0.6) is 0 Å². The van der Waals surface area contributed by atoms with Gasteiger partial charge in [-0.05, 0) is 62.1 Å². The van der Waals surface area contributed by atoms with Crippen molar-refractivity contribution in [3.63, 3.8) is 0 Å². The summed E-state index contributed by atoms with van der Waals surface area (Å²) >= 11 is 0. The quantitative estimate of drug-likeness (QED) is 0.410. The highest BCUT2D eigenvalue weighted by Crippen LogP contribution is 2.33. The summed E-state index contributed by atoms with van der Waals surface area (Å²) in [6.07, 6.45) is 5.68. The summed E-state index contributed by atoms with van der Waals surface area (Å²) in [5.41, 5.74) is 0.940. The molecule has 194 valence electrons. The smallest absolute Gasteiger partial charge is 0.264 e. The molecule has 1 saturated heterocycles. The van der Waals surface area contributed by atoms with Gasteiger partial charge in [0.25, 0.3) is 11.5 Å². The number of nitrogens with zero attached hydrogens (tertiary/aromatic N) is 5. The molecule has 0 radical (unpaired) electrons. The van der Waals surface area contributed by atoms with Gasteiger partial charge in [-0.1, -0.05) is 18.2 Å². The van der Waals surface area contributed by atoms with Crippen molar-refractivity contribution in [1.29, 1.82) is 0 Å². The predicted octanol–water partition coefficient (Wildman–Crippen LogP) is 2.60. The summed E-state index contributed by atoms with van der Waals surface area (Å²) in [5.74, 6) is 0.148. The number of hydrogen-bond donors (Lipinski definition) is 2. The summed E-state index contributed by atoms with van der Waals surface area (Å²) in [7, 11) is 0. The van der Waals surface area contributed by atoms with Crippen LogP contribution in [0.4, 0.5) is 5.69 Å². The zero-order valence-electron chi connectivity index (χ0n) is 20.8. The third-order valence-electron chi connectivity index (χ3n) is 7.36. The second-order valence-electron chi connectivity index (χ2n) is 10.2. The molecule has 2 aromatic carbocycles. The Bertz CT molecular complexity index is 1550. The number of piperidine rings is 1. The average Bonchev–Trinajstić information content (AvgIpc) is 3.70. The first-order valence-corrected chi connectivity index (χ1v) is 12.8. The molecule has 6 rings (SSSR count). The molecule has 0 atom stereocenters. The molecule has 38 heavy (non-hydrogen) atoms. The predicted molar refractivity (Wildman–Crippen MR) is 141 cm³/mol. The van der Waals surface area contributed by atoms with Gasteiger partial charge in [0.15, 0.2) is 5.65 Å². The number of benzene rings is 2. The third-order valence-corrected chi connectivity index (χ3v) is 7.36. The highest BCUT2D eigenvalue weighted by atomic mass is 16.3. The molecule has 4 aromatic rings. The molecule has 2 aromatic heterocycles. The van der Waals surface area contributed by atoms with Crippen LogP contribution in [0.1, 0.15) is 36.0 Å². The zero-order chi connectivity index (χ0) is 26.3. The number of likely N-dealkylation sites (tertiary alicyclic amines) is 1. The molecule has 0 unspecified atom stereocenters. The van der Waals surface area contributed by atoms with Crippen molar-refractivity contribution < 1.29 is 14.7 Å². The minimum Gasteiger partial charge on any atom is -0.388 e. The van der Waals surface area contributed by atoms with E-state index in [1.807, 2.05) is 23.1 Å². The van der Waals surface area contributed by atoms with Crippen LogP contribution in [-0.4, -0.2) is 59.8 Å². The fourth-order valence-corrected chi connectivity index (χ4v) is 4.94. The summed E-state index contributed by atoms with van der Waals surface area (Å²) in [6, 6.07) is 16.1. The number of hydrogen-bond acceptors (Lipinski definition) is 6. The molecule has 10 heteroatoms. The summed E-state index contributed by atoms with van der Waals surface area (Å²) in [5, 5.41) is 18.7. The minimum absolute atomic E-state index is 0.112. The number of rotatable bonds is 6. The topological polar surface area (TPSA) is 122 Å². The van der Waals surface area contributed by atoms with E-state index in [1.165, 1.54) is 17.1 Å². The summed E-state index contributed by atoms with van der Waals surface area (Å²) in [4.78, 5) is 44.3. The van der Waals surface area contributed by atoms with Gasteiger partial charge in [0.1, 0.15) is 11.7 Å². The maximum atomic E-state index is 13.2. The molecule has 0 spiro atoms. The van der Waals surface area contributed by atoms with Crippen LogP contribution in [0.25, 0.3) is 16.7 Å². The van der Waals surface area contributed by atoms with Gasteiger partial charge in [-0.2, -0.15) is 5.10 Å². The number of anilines is 1. The minimum atomic E-state index is -1.07. The van der Waals surface area contributed by atoms with E-state index in [0.29, 0.717) is 53.9 Å². The SMILES string of the molecule is O=C(Nc1ccc(-n2ncc3c(=O)n(CC4(O)CCN(C(=O)C5CC5)CC4)cnc32)cc1)c1ccccc1. The standard InChI is InChI=1S/C28H28N6O4/c35-25(19-4-2-1-3-5-19)31-21-8-10-22(11-9-21)34-24-23(16-30-34)27(37)33(18-29-24)17-28(38)12-14-32(15-13-28)26(36)20-6-7-20/h1-5,8-11,16,18,20,38H,6-7,12-15,17H2,(H,31,35). The first-order valence-electron chi connectivity index (χ1n) is 12.8. The maximum absolute atomic E-state index is 13.2. The lowest BCUT2D eigenvalue weighted by molar-refractivity contribution is -0.137. The number of fused-ring (bicyclic) bond motifs is 1. The first-order chi connectivity index (χ1) is 18.4. The van der Waals surface area contributed by atoms with Crippen molar-refractivity contribution in [2.24, 2.45) is 5.92 Å². The summed E-state index contributed by atoms with van der Waals surface area (Å²) < 4.78 is 3.00. The number of carbonyl (C=O) groups excluding carboxylic acids is 2. The van der Waals surface area contributed by atoms with Gasteiger partial charge >= 0.3 is 0 Å². The zero-order valence-corrected chi connectivity index (χ0v) is 20.8. The lowest BCUT2D eigenvalue weighted by atomic mass is 9.91. The molecule has 2 N–H and O–H groups in total. The van der Waals surface area contributed by atoms with Crippen molar-refractivity contribution >= 4 is 28.5 Å². The Kier molecular flexibility index (Phi) is 6.03. The van der Waals surface area contributed by atoms with Gasteiger partial charge in [0, 0.05) is 30.3 Å². The highest BCUT2D eigenvalue weighted by Gasteiger charge is 2.39. The largest absolute Gasteiger partial charge is 0.388 e. The van der Waals surface area contributed by atoms with Gasteiger partial charge in [-0.3, -0.25) is 19.0 Å². The number of aliphatic hydroxyl groups is 1. The van der Waals surface area contributed by atoms with Crippen LogP contribution < -0.4 is 10.9 Å². The number of nitrogens with one attached hydrogen (secondary N) is 1. The Morgan fingerprint density at radius 3 is 2.42 bits per heavy atom. The van der Waals surface area contributed by atoms with Crippen molar-refractivity contribution in [2.75, 3.05) is 18.4 Å². The Morgan fingerprint density at radius 1 is 1.03 bits per heavy atom. The van der Waals surface area contributed by atoms with Gasteiger partial charge in [0.2, 0.25) is 5.91 Å². The molecule has 0 bridgehead atoms. The molecule has 3 heterocycles. The summed E-state index contributed by atoms with van der Waals surface area (Å²) in [6.45, 7) is 1.10. The molecule has 1 aliphatic heterocycles. The van der Waals surface area contributed by atoms with E-state index in [-0.39, 0.29) is 29.8 Å². The van der Waals surface area contributed by atoms with Crippen LogP contribution in [0.2, 0.25) is 0 Å². The van der Waals surface area contributed by atoms with Gasteiger partial charge in [0.05, 0.1) is 24.0 Å². The van der Waals surface area contributed by atoms with Crippen LogP contribution in [-0.2, 0) is 11.3 Å². The van der Waals surface area contributed by atoms with Crippen LogP contribution in [0, 0.1) is 5.92 Å². The van der Waals surface area contributed by atoms with E-state index in [4.69, 9.17) is 0 Å². The Labute approximate surface area is 218 Å². The van der Waals surface area contributed by atoms with E-state index in [1.54, 1.807) is 41.1 Å². The Balaban J connectivity index is 1.16. The second-order valence-corrected chi connectivity index (χ2v) is 10.2. The lowest BCUT2D eigenvalue weighted by Crippen LogP contribution is -2.50. The van der Waals surface area contributed by atoms with E-state index < -0.39 is 5.60 Å². The van der Waals surface area contributed by atoms with Gasteiger partial charge in [-0.25, -0.2) is 9.67 Å². The highest BCUT2D eigenvalue weighted by molar-refractivity contribution is 6.04. The van der Waals surface area contributed by atoms with Crippen molar-refractivity contribution in [3.8, 4) is 5.69 Å². The number of amides is 2. The third kappa shape index (κ3) is 4.70. The van der Waals surface area contributed by atoms with Crippen LogP contribution in [0.15, 0.2) is 71.9 Å². The Hall–Kier alpha value is -4.31. The molecule has 1 aliphatic carbocycles. The van der Waals surface area contributed by atoms with E-state index in [2.05, 4.69) is 15.4 Å². The van der Waals surface area contributed by atoms with Crippen molar-refractivity contribution in [2.45, 2.75) is 37.8 Å². The van der Waals surface area contributed by atoms with E-state index in [9.17, 15) is 19.5 Å². The molecular weight excluding hydrogens is 484 g/mol. The van der Waals surface area contributed by atoms with Gasteiger partial charge in [-0.15, -0.1) is 0 Å². The second kappa shape index (κ2) is 9.53. The molecule has 2 amide bonds. The van der Waals surface area contributed by atoms with Crippen LogP contribution >= 0.6 is 0 Å². The lowest BCUT2D eigenvalue weighted by Gasteiger charge is -2.38. The molecule has 2 fully saturated rings. The fourth-order valence-electron chi connectivity index (χ4n) is 4.94. The van der Waals surface area contributed by atoms with Crippen molar-refractivity contribution in [3.05, 3.63) is 83.0 Å². The normalized spacial score (nSPS) is 16.9. The van der Waals surface area contributed by atoms with Crippen LogP contribution in [0.3, 0.4) is 0 Å². The molecular formula is C28H28N6O4. The Morgan fingerprint density at radius 2 is 1.74 bits per heavy atom. The van der Waals surface area contributed by atoms with E-state index in [0.717, 1.165) is 12.8 Å². The number of carbonyl (C=O) groups is 2. The molecule has 1 saturated carbocycles. The molecule has 2 aliphatic rings. The van der Waals surface area contributed by atoms with E-state index >= 15 is 0 Å². The monoisotopic (exact) mass is 512 g/mol.